The summed E-state index contributed by atoms with van der Waals surface area (Å²) in [5, 5.41) is 43.2. The number of ether oxygens (including phenoxy) is 1. The fourth-order valence-electron chi connectivity index (χ4n) is 2.17. The Hall–Kier alpha value is -0.220. The van der Waals surface area contributed by atoms with E-state index < -0.39 is 56.3 Å². The molecule has 33 heavy (non-hydrogen) atoms. The molecule has 1 aromatic rings. The molecule has 5 N–H and O–H groups in total. The van der Waals surface area contributed by atoms with Crippen LogP contribution in [0.1, 0.15) is 11.2 Å². The van der Waals surface area contributed by atoms with Crippen molar-refractivity contribution in [3.63, 3.8) is 0 Å². The van der Waals surface area contributed by atoms with Crippen LogP contribution in [0.4, 0.5) is 0 Å². The van der Waals surface area contributed by atoms with E-state index in [9.17, 15) is 19.2 Å². The van der Waals surface area contributed by atoms with Crippen molar-refractivity contribution in [2.45, 2.75) is 13.2 Å². The zero-order valence-corrected chi connectivity index (χ0v) is 25.4. The minimum Gasteiger partial charge on any atom is -1.00 e. The maximum atomic E-state index is 10.6. The van der Waals surface area contributed by atoms with E-state index in [1.54, 1.807) is 19.1 Å². The number of carbonyl (C=O) groups is 4. The van der Waals surface area contributed by atoms with Crippen molar-refractivity contribution < 1.29 is 142 Å². The fraction of sp³-hybridized carbons (Fsp3) is 0.444. The molecule has 0 aliphatic rings. The van der Waals surface area contributed by atoms with Gasteiger partial charge in [-0.2, -0.15) is 0 Å². The monoisotopic (exact) mass is 502 g/mol. The average molecular weight is 502 g/mol. The largest absolute Gasteiger partial charge is 1.00 e. The first-order chi connectivity index (χ1) is 14.0. The first-order valence-corrected chi connectivity index (χ1v) is 8.71. The molecule has 0 spiro atoms. The molecule has 0 bridgehead atoms. The Morgan fingerprint density at radius 2 is 1.06 bits per heavy atom. The first-order valence-electron chi connectivity index (χ1n) is 8.71. The van der Waals surface area contributed by atoms with Crippen LogP contribution < -0.4 is 93.4 Å². The van der Waals surface area contributed by atoms with Crippen LogP contribution in [0.15, 0.2) is 30.3 Å². The molecule has 12 nitrogen and oxygen atoms in total. The molecule has 15 heteroatoms. The molecular formula is C18H29N2Na3O10. The molecule has 0 amide bonds. The van der Waals surface area contributed by atoms with Gasteiger partial charge in [-0.1, -0.05) is 18.2 Å². The molecule has 0 aromatic heterocycles. The van der Waals surface area contributed by atoms with Crippen LogP contribution in [0.5, 0.6) is 5.75 Å². The predicted molar refractivity (Wildman–Crippen MR) is 106 cm³/mol. The first kappa shape index (κ1) is 40.0. The second kappa shape index (κ2) is 23.5. The van der Waals surface area contributed by atoms with E-state index in [0.717, 1.165) is 9.80 Å². The number of aliphatic carboxylic acids is 4. The van der Waals surface area contributed by atoms with Crippen LogP contribution in [0.2, 0.25) is 0 Å². The van der Waals surface area contributed by atoms with E-state index in [1.807, 2.05) is 18.2 Å². The number of rotatable bonds is 13. The second-order valence-corrected chi connectivity index (χ2v) is 6.03. The molecule has 1 unspecified atom stereocenters. The van der Waals surface area contributed by atoms with Crippen LogP contribution in [-0.4, -0.2) is 105 Å². The standard InChI is InChI=1S/C10H16N2O8.C8H10O2.3Na.3H/c13-7(14)3-11(4-8(15)16)1-2-12(5-9(17)18)6-10(19)20;1-7(9)10-8-5-3-2-4-6-8;;;;;;/h1-6H2,(H,13,14)(H,15,16)(H,17,18)(H,19,20);2-7,9H,1H3;;;;;;/q;;3*+1;3*-1. The van der Waals surface area contributed by atoms with Gasteiger partial charge in [-0.05, 0) is 19.1 Å². The van der Waals surface area contributed by atoms with Gasteiger partial charge in [0.15, 0.2) is 6.29 Å². The Labute approximate surface area is 262 Å². The van der Waals surface area contributed by atoms with Crippen molar-refractivity contribution in [1.82, 2.24) is 9.80 Å². The summed E-state index contributed by atoms with van der Waals surface area (Å²) in [6.07, 6.45) is -0.734. The number of carboxylic acid groups (broad SMARTS) is 4. The van der Waals surface area contributed by atoms with Crippen molar-refractivity contribution in [3.05, 3.63) is 30.3 Å². The summed E-state index contributed by atoms with van der Waals surface area (Å²) in [6, 6.07) is 9.21. The zero-order valence-electron chi connectivity index (χ0n) is 22.4. The Morgan fingerprint density at radius 1 is 0.758 bits per heavy atom. The van der Waals surface area contributed by atoms with Gasteiger partial charge in [0.05, 0.1) is 26.2 Å². The number of benzene rings is 1. The Balaban J connectivity index is -0.0000000912. The number of carboxylic acids is 4. The molecule has 0 aliphatic carbocycles. The molecular weight excluding hydrogens is 473 g/mol. The topological polar surface area (TPSA) is 185 Å². The van der Waals surface area contributed by atoms with Crippen molar-refractivity contribution in [2.24, 2.45) is 0 Å². The zero-order chi connectivity index (χ0) is 23.1. The predicted octanol–water partition coefficient (Wildman–Crippen LogP) is -9.32. The van der Waals surface area contributed by atoms with E-state index in [0.29, 0.717) is 5.75 Å². The smallest absolute Gasteiger partial charge is 1.00 e. The van der Waals surface area contributed by atoms with Gasteiger partial charge < -0.3 is 34.5 Å². The number of nitrogens with zero attached hydrogens (tertiary/aromatic N) is 2. The SMILES string of the molecule is CC(O)Oc1ccccc1.O=C(O)CN(CCN(CC(=O)O)CC(=O)O)CC(=O)O.[H-].[H-].[H-].[Na+].[Na+].[Na+]. The van der Waals surface area contributed by atoms with E-state index in [1.165, 1.54) is 0 Å². The van der Waals surface area contributed by atoms with E-state index in [-0.39, 0.29) is 106 Å². The summed E-state index contributed by atoms with van der Waals surface area (Å²) in [5.74, 6) is -4.22. The average Bonchev–Trinajstić information content (AvgIpc) is 2.58. The normalized spacial score (nSPS) is 10.3. The second-order valence-electron chi connectivity index (χ2n) is 6.03. The summed E-state index contributed by atoms with van der Waals surface area (Å²) in [4.78, 5) is 44.4. The Morgan fingerprint density at radius 3 is 1.30 bits per heavy atom. The van der Waals surface area contributed by atoms with E-state index >= 15 is 0 Å². The van der Waals surface area contributed by atoms with Gasteiger partial charge in [0.1, 0.15) is 5.75 Å². The maximum absolute atomic E-state index is 10.6. The van der Waals surface area contributed by atoms with Crippen molar-refractivity contribution in [2.75, 3.05) is 39.3 Å². The Bertz CT molecular complexity index is 642. The van der Waals surface area contributed by atoms with Gasteiger partial charge in [-0.25, -0.2) is 0 Å². The number of hydrogen-bond acceptors (Lipinski definition) is 8. The summed E-state index contributed by atoms with van der Waals surface area (Å²) >= 11 is 0. The number of hydrogen-bond donors (Lipinski definition) is 5. The van der Waals surface area contributed by atoms with Gasteiger partial charge >= 0.3 is 113 Å². The molecule has 0 saturated heterocycles. The van der Waals surface area contributed by atoms with Crippen LogP contribution in [-0.2, 0) is 19.2 Å². The summed E-state index contributed by atoms with van der Waals surface area (Å²) < 4.78 is 4.97. The van der Waals surface area contributed by atoms with Crippen LogP contribution in [0.25, 0.3) is 0 Å². The number of aliphatic hydroxyl groups is 1. The van der Waals surface area contributed by atoms with Crippen LogP contribution >= 0.6 is 0 Å². The van der Waals surface area contributed by atoms with Gasteiger partial charge in [0.2, 0.25) is 0 Å². The van der Waals surface area contributed by atoms with Gasteiger partial charge in [-0.15, -0.1) is 0 Å². The third-order valence-electron chi connectivity index (χ3n) is 3.22. The molecule has 0 fully saturated rings. The number of para-hydroxylation sites is 1. The molecule has 0 radical (unpaired) electrons. The van der Waals surface area contributed by atoms with E-state index in [4.69, 9.17) is 30.3 Å². The van der Waals surface area contributed by atoms with Crippen LogP contribution in [0, 0.1) is 0 Å². The van der Waals surface area contributed by atoms with Crippen LogP contribution in [0.3, 0.4) is 0 Å². The summed E-state index contributed by atoms with van der Waals surface area (Å²) in [6.45, 7) is -0.674. The third-order valence-corrected chi connectivity index (χ3v) is 3.22. The molecule has 0 saturated carbocycles. The molecule has 1 rings (SSSR count). The molecule has 0 aliphatic heterocycles. The molecule has 1 aromatic carbocycles. The van der Waals surface area contributed by atoms with Gasteiger partial charge in [0.25, 0.3) is 0 Å². The van der Waals surface area contributed by atoms with Crippen molar-refractivity contribution in [1.29, 1.82) is 0 Å². The molecule has 174 valence electrons. The van der Waals surface area contributed by atoms with E-state index in [2.05, 4.69) is 0 Å². The van der Waals surface area contributed by atoms with Crippen molar-refractivity contribution >= 4 is 23.9 Å². The molecule has 1 atom stereocenters. The number of aliphatic hydroxyl groups excluding tert-OH is 1. The maximum Gasteiger partial charge on any atom is 1.00 e. The fourth-order valence-corrected chi connectivity index (χ4v) is 2.17. The minimum atomic E-state index is -1.23. The Kier molecular flexibility index (Phi) is 28.5. The van der Waals surface area contributed by atoms with Gasteiger partial charge in [0, 0.05) is 13.1 Å². The van der Waals surface area contributed by atoms with Crippen molar-refractivity contribution in [3.8, 4) is 5.75 Å². The minimum absolute atomic E-state index is 0. The third kappa shape index (κ3) is 26.2. The summed E-state index contributed by atoms with van der Waals surface area (Å²) in [7, 11) is 0. The molecule has 0 heterocycles. The quantitative estimate of drug-likeness (QED) is 0.127. The summed E-state index contributed by atoms with van der Waals surface area (Å²) in [5.41, 5.74) is 0. The van der Waals surface area contributed by atoms with Gasteiger partial charge in [-0.3, -0.25) is 29.0 Å².